The van der Waals surface area contributed by atoms with Crippen LogP contribution in [0.2, 0.25) is 0 Å². The number of imide groups is 1. The molecule has 2 aliphatic rings. The van der Waals surface area contributed by atoms with Crippen LogP contribution < -0.4 is 5.73 Å². The zero-order valence-corrected chi connectivity index (χ0v) is 13.7. The summed E-state index contributed by atoms with van der Waals surface area (Å²) in [6, 6.07) is 4.86. The van der Waals surface area contributed by atoms with E-state index >= 15 is 0 Å². The second kappa shape index (κ2) is 6.86. The highest BCUT2D eigenvalue weighted by Crippen LogP contribution is 2.31. The van der Waals surface area contributed by atoms with Crippen molar-refractivity contribution in [3.63, 3.8) is 0 Å². The molecule has 0 aromatic heterocycles. The van der Waals surface area contributed by atoms with Gasteiger partial charge in [-0.15, -0.1) is 0 Å². The first-order valence-electron chi connectivity index (χ1n) is 7.93. The Kier molecular flexibility index (Phi) is 4.81. The van der Waals surface area contributed by atoms with E-state index in [9.17, 15) is 9.59 Å². The second-order valence-electron chi connectivity index (χ2n) is 5.71. The van der Waals surface area contributed by atoms with Gasteiger partial charge in [-0.05, 0) is 18.6 Å². The number of benzene rings is 1. The molecule has 2 aliphatic heterocycles. The van der Waals surface area contributed by atoms with E-state index in [1.807, 2.05) is 6.92 Å². The molecule has 0 radical (unpaired) electrons. The van der Waals surface area contributed by atoms with Crippen LogP contribution in [0, 0.1) is 0 Å². The molecule has 0 aliphatic carbocycles. The summed E-state index contributed by atoms with van der Waals surface area (Å²) in [4.78, 5) is 37.5. The van der Waals surface area contributed by atoms with Crippen molar-refractivity contribution in [1.29, 1.82) is 0 Å². The maximum Gasteiger partial charge on any atom is 0.265 e. The highest BCUT2D eigenvalue weighted by molar-refractivity contribution is 6.23. The molecule has 8 heteroatoms. The minimum absolute atomic E-state index is 0.0680. The smallest absolute Gasteiger partial charge is 0.265 e. The van der Waals surface area contributed by atoms with Crippen LogP contribution in [0.25, 0.3) is 0 Å². The van der Waals surface area contributed by atoms with E-state index in [1.165, 1.54) is 5.23 Å². The predicted octanol–water partition coefficient (Wildman–Crippen LogP) is 1.18. The van der Waals surface area contributed by atoms with Crippen LogP contribution in [0.5, 0.6) is 0 Å². The lowest BCUT2D eigenvalue weighted by Gasteiger charge is -2.36. The number of anilines is 1. The van der Waals surface area contributed by atoms with Crippen molar-refractivity contribution in [3.05, 3.63) is 29.3 Å². The van der Waals surface area contributed by atoms with Gasteiger partial charge in [-0.2, -0.15) is 0 Å². The molecule has 1 aromatic carbocycles. The lowest BCUT2D eigenvalue weighted by atomic mass is 10.1. The van der Waals surface area contributed by atoms with Crippen molar-refractivity contribution < 1.29 is 24.0 Å². The van der Waals surface area contributed by atoms with Gasteiger partial charge in [0.2, 0.25) is 0 Å². The maximum atomic E-state index is 12.6. The summed E-state index contributed by atoms with van der Waals surface area (Å²) in [5, 5.41) is 1.29. The van der Waals surface area contributed by atoms with Crippen molar-refractivity contribution in [2.24, 2.45) is 0 Å². The van der Waals surface area contributed by atoms with E-state index in [-0.39, 0.29) is 11.7 Å². The Hall–Kier alpha value is -2.00. The Bertz CT molecular complexity index is 647. The molecule has 8 nitrogen and oxygen atoms in total. The monoisotopic (exact) mass is 335 g/mol. The summed E-state index contributed by atoms with van der Waals surface area (Å²) in [5.74, 6) is -0.827. The van der Waals surface area contributed by atoms with E-state index in [1.54, 1.807) is 25.3 Å². The first-order chi connectivity index (χ1) is 11.6. The number of amides is 2. The predicted molar refractivity (Wildman–Crippen MR) is 84.6 cm³/mol. The quantitative estimate of drug-likeness (QED) is 0.638. The zero-order chi connectivity index (χ0) is 17.3. The molecule has 2 amide bonds. The average molecular weight is 335 g/mol. The van der Waals surface area contributed by atoms with Gasteiger partial charge < -0.3 is 10.5 Å². The molecule has 3 rings (SSSR count). The van der Waals surface area contributed by atoms with Gasteiger partial charge in [0.1, 0.15) is 0 Å². The van der Waals surface area contributed by atoms with Gasteiger partial charge in [-0.3, -0.25) is 14.4 Å². The molecule has 2 atom stereocenters. The number of ether oxygens (including phenoxy) is 1. The van der Waals surface area contributed by atoms with Crippen molar-refractivity contribution >= 4 is 17.5 Å². The molecule has 2 N–H and O–H groups in total. The lowest BCUT2D eigenvalue weighted by Crippen LogP contribution is -2.50. The van der Waals surface area contributed by atoms with Crippen molar-refractivity contribution in [2.45, 2.75) is 32.1 Å². The second-order valence-corrected chi connectivity index (χ2v) is 5.71. The molecule has 1 aromatic rings. The number of fused-ring (bicyclic) bond motifs is 1. The summed E-state index contributed by atoms with van der Waals surface area (Å²) in [6.07, 6.45) is 0.390. The van der Waals surface area contributed by atoms with Gasteiger partial charge in [0.15, 0.2) is 6.23 Å². The van der Waals surface area contributed by atoms with Crippen LogP contribution in [-0.2, 0) is 14.4 Å². The van der Waals surface area contributed by atoms with E-state index in [0.29, 0.717) is 30.8 Å². The molecule has 2 unspecified atom stereocenters. The normalized spacial score (nSPS) is 22.8. The summed E-state index contributed by atoms with van der Waals surface area (Å²) in [7, 11) is 1.61. The molecule has 1 saturated heterocycles. The number of methoxy groups -OCH3 is 1. The molecular weight excluding hydrogens is 314 g/mol. The Labute approximate surface area is 140 Å². The number of nitrogens with two attached hydrogens (primary N) is 1. The third-order valence-corrected chi connectivity index (χ3v) is 4.25. The van der Waals surface area contributed by atoms with Crippen molar-refractivity contribution in [1.82, 2.24) is 10.1 Å². The molecule has 24 heavy (non-hydrogen) atoms. The summed E-state index contributed by atoms with van der Waals surface area (Å²) >= 11 is 0. The van der Waals surface area contributed by atoms with Gasteiger partial charge in [-0.1, -0.05) is 18.2 Å². The third kappa shape index (κ3) is 2.89. The van der Waals surface area contributed by atoms with Crippen LogP contribution in [0.1, 0.15) is 40.5 Å². The Balaban J connectivity index is 1.76. The number of nitrogens with zero attached hydrogens (tertiary/aromatic N) is 2. The van der Waals surface area contributed by atoms with Crippen molar-refractivity contribution in [2.75, 3.05) is 26.0 Å². The largest absolute Gasteiger partial charge is 0.398 e. The number of hydrogen-bond donors (Lipinski definition) is 1. The van der Waals surface area contributed by atoms with E-state index in [4.69, 9.17) is 20.1 Å². The topological polar surface area (TPSA) is 94.3 Å². The average Bonchev–Trinajstić information content (AvgIpc) is 2.85. The summed E-state index contributed by atoms with van der Waals surface area (Å²) < 4.78 is 5.31. The van der Waals surface area contributed by atoms with Gasteiger partial charge >= 0.3 is 0 Å². The molecular formula is C16H21N3O5. The van der Waals surface area contributed by atoms with E-state index < -0.39 is 18.0 Å². The number of carbonyl (C=O) groups excluding carboxylic acids is 2. The SMILES string of the molecule is CCC(CN1OCCC(N2C(=O)c3cccc(N)c3C2=O)O1)OC. The maximum absolute atomic E-state index is 12.6. The molecule has 2 heterocycles. The highest BCUT2D eigenvalue weighted by Gasteiger charge is 2.43. The molecule has 0 spiro atoms. The number of nitrogen functional groups attached to an aromatic ring is 1. The first-order valence-corrected chi connectivity index (χ1v) is 7.93. The Morgan fingerprint density at radius 2 is 2.17 bits per heavy atom. The van der Waals surface area contributed by atoms with Crippen LogP contribution in [0.4, 0.5) is 5.69 Å². The highest BCUT2D eigenvalue weighted by atomic mass is 17.0. The van der Waals surface area contributed by atoms with Crippen LogP contribution in [0.3, 0.4) is 0 Å². The number of hydroxylamine groups is 2. The zero-order valence-electron chi connectivity index (χ0n) is 13.7. The lowest BCUT2D eigenvalue weighted by molar-refractivity contribution is -0.429. The van der Waals surface area contributed by atoms with Crippen LogP contribution in [-0.4, -0.2) is 54.5 Å². The third-order valence-electron chi connectivity index (χ3n) is 4.25. The van der Waals surface area contributed by atoms with Gasteiger partial charge in [0, 0.05) is 19.2 Å². The summed E-state index contributed by atoms with van der Waals surface area (Å²) in [6.45, 7) is 2.71. The fraction of sp³-hybridized carbons (Fsp3) is 0.500. The number of hydrogen-bond acceptors (Lipinski definition) is 7. The van der Waals surface area contributed by atoms with E-state index in [0.717, 1.165) is 11.3 Å². The van der Waals surface area contributed by atoms with Crippen LogP contribution in [0.15, 0.2) is 18.2 Å². The molecule has 0 saturated carbocycles. The fourth-order valence-electron chi connectivity index (χ4n) is 2.87. The summed E-state index contributed by atoms with van der Waals surface area (Å²) in [5.41, 5.74) is 6.70. The fourth-order valence-corrected chi connectivity index (χ4v) is 2.87. The van der Waals surface area contributed by atoms with Gasteiger partial charge in [0.25, 0.3) is 11.8 Å². The minimum atomic E-state index is -0.722. The van der Waals surface area contributed by atoms with E-state index in [2.05, 4.69) is 0 Å². The molecule has 130 valence electrons. The van der Waals surface area contributed by atoms with Crippen LogP contribution >= 0.6 is 0 Å². The standard InChI is InChI=1S/C16H21N3O5/c1-3-10(22-2)9-18-23-8-7-13(24-18)19-15(20)11-5-4-6-12(17)14(11)16(19)21/h4-6,10,13H,3,7-9,17H2,1-2H3. The molecule has 1 fully saturated rings. The number of carbonyl (C=O) groups is 2. The van der Waals surface area contributed by atoms with Gasteiger partial charge in [0.05, 0.1) is 30.4 Å². The first kappa shape index (κ1) is 16.8. The number of rotatable bonds is 5. The Morgan fingerprint density at radius 1 is 1.38 bits per heavy atom. The molecule has 0 bridgehead atoms. The Morgan fingerprint density at radius 3 is 2.83 bits per heavy atom. The minimum Gasteiger partial charge on any atom is -0.398 e. The van der Waals surface area contributed by atoms with Crippen molar-refractivity contribution in [3.8, 4) is 0 Å². The van der Waals surface area contributed by atoms with Gasteiger partial charge in [-0.25, -0.2) is 9.74 Å².